The van der Waals surface area contributed by atoms with E-state index in [4.69, 9.17) is 4.74 Å². The molecule has 29 heavy (non-hydrogen) atoms. The molecular weight excluding hydrogens is 374 g/mol. The van der Waals surface area contributed by atoms with Crippen LogP contribution in [0.3, 0.4) is 0 Å². The maximum absolute atomic E-state index is 11.9. The minimum atomic E-state index is -1.38. The fraction of sp³-hybridized carbons (Fsp3) is 0.409. The average Bonchev–Trinajstić information content (AvgIpc) is 2.74. The standard InChI is InChI=1S/C22H27NO6/c1-12-8-15(14-4-3-5-16(9-14)22(28)23-2)7-6-13(12)10-17-19(25)21(27)20(26)18(11-24)29-17/h3-9,17-21,24-27H,10-11H2,1-2H3,(H,23,28)/t17?,18-,19-,20-,21-/m1/s1. The lowest BCUT2D eigenvalue weighted by molar-refractivity contribution is -0.228. The number of aliphatic hydroxyl groups excluding tert-OH is 4. The largest absolute Gasteiger partial charge is 0.394 e. The molecule has 7 heteroatoms. The highest BCUT2D eigenvalue weighted by molar-refractivity contribution is 5.95. The Hall–Kier alpha value is -2.29. The molecular formula is C22H27NO6. The molecule has 0 spiro atoms. The highest BCUT2D eigenvalue weighted by Crippen LogP contribution is 2.27. The summed E-state index contributed by atoms with van der Waals surface area (Å²) < 4.78 is 5.60. The van der Waals surface area contributed by atoms with E-state index in [9.17, 15) is 25.2 Å². The summed E-state index contributed by atoms with van der Waals surface area (Å²) in [6, 6.07) is 13.2. The molecule has 1 fully saturated rings. The molecule has 1 unspecified atom stereocenters. The number of amides is 1. The number of benzene rings is 2. The molecule has 2 aromatic rings. The van der Waals surface area contributed by atoms with Gasteiger partial charge in [0.1, 0.15) is 24.4 Å². The van der Waals surface area contributed by atoms with Gasteiger partial charge in [0.05, 0.1) is 12.7 Å². The van der Waals surface area contributed by atoms with Crippen molar-refractivity contribution < 1.29 is 30.0 Å². The van der Waals surface area contributed by atoms with Gasteiger partial charge in [-0.15, -0.1) is 0 Å². The van der Waals surface area contributed by atoms with Crippen molar-refractivity contribution in [2.45, 2.75) is 43.9 Å². The van der Waals surface area contributed by atoms with Gasteiger partial charge in [0.25, 0.3) is 5.91 Å². The Morgan fingerprint density at radius 3 is 2.34 bits per heavy atom. The van der Waals surface area contributed by atoms with Crippen LogP contribution in [0.4, 0.5) is 0 Å². The zero-order valence-electron chi connectivity index (χ0n) is 16.4. The number of nitrogens with one attached hydrogen (secondary N) is 1. The maximum atomic E-state index is 11.9. The molecule has 0 radical (unpaired) electrons. The third-order valence-electron chi connectivity index (χ3n) is 5.44. The van der Waals surface area contributed by atoms with Gasteiger partial charge in [-0.1, -0.05) is 30.3 Å². The summed E-state index contributed by atoms with van der Waals surface area (Å²) in [7, 11) is 1.59. The Morgan fingerprint density at radius 2 is 1.69 bits per heavy atom. The van der Waals surface area contributed by atoms with E-state index >= 15 is 0 Å². The summed E-state index contributed by atoms with van der Waals surface area (Å²) in [4.78, 5) is 11.9. The lowest BCUT2D eigenvalue weighted by Gasteiger charge is -2.40. The number of rotatable bonds is 5. The second kappa shape index (κ2) is 9.02. The molecule has 3 rings (SSSR count). The molecule has 5 atom stereocenters. The van der Waals surface area contributed by atoms with Gasteiger partial charge in [-0.2, -0.15) is 0 Å². The first-order chi connectivity index (χ1) is 13.8. The quantitative estimate of drug-likeness (QED) is 0.495. The van der Waals surface area contributed by atoms with E-state index in [1.807, 2.05) is 43.3 Å². The van der Waals surface area contributed by atoms with E-state index in [0.29, 0.717) is 12.0 Å². The minimum absolute atomic E-state index is 0.150. The Bertz CT molecular complexity index is 868. The average molecular weight is 401 g/mol. The van der Waals surface area contributed by atoms with Crippen LogP contribution in [-0.4, -0.2) is 70.5 Å². The van der Waals surface area contributed by atoms with Crippen molar-refractivity contribution in [1.82, 2.24) is 5.32 Å². The first-order valence-corrected chi connectivity index (χ1v) is 9.58. The van der Waals surface area contributed by atoms with Crippen molar-refractivity contribution in [3.63, 3.8) is 0 Å². The lowest BCUT2D eigenvalue weighted by Crippen LogP contribution is -2.59. The number of carbonyl (C=O) groups excluding carboxylic acids is 1. The van der Waals surface area contributed by atoms with Crippen LogP contribution >= 0.6 is 0 Å². The third-order valence-corrected chi connectivity index (χ3v) is 5.44. The zero-order valence-corrected chi connectivity index (χ0v) is 16.4. The van der Waals surface area contributed by atoms with Gasteiger partial charge < -0.3 is 30.5 Å². The molecule has 7 nitrogen and oxygen atoms in total. The molecule has 0 bridgehead atoms. The van der Waals surface area contributed by atoms with Crippen LogP contribution in [-0.2, 0) is 11.2 Å². The predicted octanol–water partition coefficient (Wildman–Crippen LogP) is 0.407. The van der Waals surface area contributed by atoms with Crippen LogP contribution in [0, 0.1) is 6.92 Å². The molecule has 1 aliphatic rings. The van der Waals surface area contributed by atoms with Crippen LogP contribution in [0.15, 0.2) is 42.5 Å². The van der Waals surface area contributed by atoms with Gasteiger partial charge in [0, 0.05) is 19.0 Å². The van der Waals surface area contributed by atoms with Crippen molar-refractivity contribution in [2.24, 2.45) is 0 Å². The van der Waals surface area contributed by atoms with E-state index in [2.05, 4.69) is 5.32 Å². The SMILES string of the molecule is CNC(=O)c1cccc(-c2ccc(CC3O[C@H](CO)[C@@H](O)[C@H](O)[C@@H]3O)c(C)c2)c1. The van der Waals surface area contributed by atoms with Crippen LogP contribution < -0.4 is 5.32 Å². The number of hydrogen-bond acceptors (Lipinski definition) is 6. The summed E-state index contributed by atoms with van der Waals surface area (Å²) >= 11 is 0. The van der Waals surface area contributed by atoms with E-state index in [0.717, 1.165) is 22.3 Å². The third kappa shape index (κ3) is 4.49. The first-order valence-electron chi connectivity index (χ1n) is 9.58. The Kier molecular flexibility index (Phi) is 6.66. The van der Waals surface area contributed by atoms with Gasteiger partial charge in [0.2, 0.25) is 0 Å². The van der Waals surface area contributed by atoms with Crippen LogP contribution in [0.5, 0.6) is 0 Å². The fourth-order valence-corrected chi connectivity index (χ4v) is 3.65. The number of carbonyl (C=O) groups is 1. The summed E-state index contributed by atoms with van der Waals surface area (Å²) in [5, 5.41) is 42.1. The second-order valence-electron chi connectivity index (χ2n) is 7.37. The summed E-state index contributed by atoms with van der Waals surface area (Å²) in [6.45, 7) is 1.49. The second-order valence-corrected chi connectivity index (χ2v) is 7.37. The van der Waals surface area contributed by atoms with E-state index in [1.54, 1.807) is 13.1 Å². The summed E-state index contributed by atoms with van der Waals surface area (Å²) in [5.41, 5.74) is 4.32. The smallest absolute Gasteiger partial charge is 0.251 e. The Balaban J connectivity index is 1.81. The molecule has 0 aliphatic carbocycles. The Morgan fingerprint density at radius 1 is 1.00 bits per heavy atom. The monoisotopic (exact) mass is 401 g/mol. The number of aryl methyl sites for hydroxylation is 1. The van der Waals surface area contributed by atoms with Crippen molar-refractivity contribution in [1.29, 1.82) is 0 Å². The van der Waals surface area contributed by atoms with Gasteiger partial charge in [-0.25, -0.2) is 0 Å². The van der Waals surface area contributed by atoms with Gasteiger partial charge in [-0.3, -0.25) is 4.79 Å². The highest BCUT2D eigenvalue weighted by atomic mass is 16.5. The highest BCUT2D eigenvalue weighted by Gasteiger charge is 2.43. The molecule has 1 amide bonds. The number of aliphatic hydroxyl groups is 4. The van der Waals surface area contributed by atoms with Gasteiger partial charge in [-0.05, 0) is 41.3 Å². The van der Waals surface area contributed by atoms with Crippen molar-refractivity contribution >= 4 is 5.91 Å². The molecule has 0 saturated carbocycles. The summed E-state index contributed by atoms with van der Waals surface area (Å²) in [6.07, 6.45) is -5.32. The van der Waals surface area contributed by atoms with E-state index in [1.165, 1.54) is 0 Å². The van der Waals surface area contributed by atoms with Crippen LogP contribution in [0.2, 0.25) is 0 Å². The molecule has 1 aliphatic heterocycles. The van der Waals surface area contributed by atoms with Gasteiger partial charge >= 0.3 is 0 Å². The number of ether oxygens (including phenoxy) is 1. The first kappa shape index (κ1) is 21.4. The van der Waals surface area contributed by atoms with E-state index in [-0.39, 0.29) is 5.91 Å². The normalized spacial score (nSPS) is 26.9. The topological polar surface area (TPSA) is 119 Å². The van der Waals surface area contributed by atoms with Crippen LogP contribution in [0.1, 0.15) is 21.5 Å². The molecule has 1 saturated heterocycles. The molecule has 0 aromatic heterocycles. The molecule has 1 heterocycles. The Labute approximate surface area is 169 Å². The molecule has 5 N–H and O–H groups in total. The molecule has 156 valence electrons. The van der Waals surface area contributed by atoms with Crippen LogP contribution in [0.25, 0.3) is 11.1 Å². The van der Waals surface area contributed by atoms with Crippen molar-refractivity contribution in [3.05, 3.63) is 59.2 Å². The molecule has 2 aromatic carbocycles. The predicted molar refractivity (Wildman–Crippen MR) is 107 cm³/mol. The fourth-order valence-electron chi connectivity index (χ4n) is 3.65. The zero-order chi connectivity index (χ0) is 21.1. The lowest BCUT2D eigenvalue weighted by atomic mass is 9.89. The van der Waals surface area contributed by atoms with Crippen molar-refractivity contribution in [3.8, 4) is 11.1 Å². The summed E-state index contributed by atoms with van der Waals surface area (Å²) in [5.74, 6) is -0.150. The minimum Gasteiger partial charge on any atom is -0.394 e. The number of hydrogen-bond donors (Lipinski definition) is 5. The van der Waals surface area contributed by atoms with E-state index < -0.39 is 37.1 Å². The van der Waals surface area contributed by atoms with Gasteiger partial charge in [0.15, 0.2) is 0 Å². The maximum Gasteiger partial charge on any atom is 0.251 e. The van der Waals surface area contributed by atoms with Crippen molar-refractivity contribution in [2.75, 3.05) is 13.7 Å².